The number of aromatic nitrogens is 2. The zero-order chi connectivity index (χ0) is 18.7. The zero-order valence-electron chi connectivity index (χ0n) is 14.1. The first-order valence-corrected chi connectivity index (χ1v) is 8.41. The lowest BCUT2D eigenvalue weighted by atomic mass is 9.88. The van der Waals surface area contributed by atoms with Crippen molar-refractivity contribution in [2.45, 2.75) is 31.0 Å². The molecule has 1 fully saturated rings. The molecule has 2 heterocycles. The van der Waals surface area contributed by atoms with Crippen molar-refractivity contribution in [3.05, 3.63) is 48.5 Å². The highest BCUT2D eigenvalue weighted by Crippen LogP contribution is 2.35. The lowest BCUT2D eigenvalue weighted by Gasteiger charge is -2.30. The number of imidazole rings is 1. The van der Waals surface area contributed by atoms with E-state index in [1.807, 2.05) is 4.57 Å². The maximum Gasteiger partial charge on any atom is 0.291 e. The highest BCUT2D eigenvalue weighted by molar-refractivity contribution is 6.40. The first-order chi connectivity index (χ1) is 12.5. The second kappa shape index (κ2) is 7.67. The van der Waals surface area contributed by atoms with Gasteiger partial charge in [-0.25, -0.2) is 4.98 Å². The largest absolute Gasteiger partial charge is 0.508 e. The molecule has 138 valence electrons. The van der Waals surface area contributed by atoms with Gasteiger partial charge in [-0.3, -0.25) is 9.59 Å². The molecule has 3 rings (SSSR count). The van der Waals surface area contributed by atoms with Crippen LogP contribution in [0.5, 0.6) is 5.75 Å². The van der Waals surface area contributed by atoms with Crippen LogP contribution in [0, 0.1) is 0 Å². The predicted octanol–water partition coefficient (Wildman–Crippen LogP) is -0.104. The molecule has 8 heteroatoms. The molecule has 3 atom stereocenters. The summed E-state index contributed by atoms with van der Waals surface area (Å²) in [6, 6.07) is 5.20. The second-order valence-corrected chi connectivity index (χ2v) is 6.33. The average Bonchev–Trinajstić information content (AvgIpc) is 3.23. The maximum atomic E-state index is 12.6. The van der Waals surface area contributed by atoms with Crippen molar-refractivity contribution < 1.29 is 24.9 Å². The third kappa shape index (κ3) is 3.47. The van der Waals surface area contributed by atoms with E-state index in [9.17, 15) is 24.9 Å². The molecule has 1 aliphatic heterocycles. The van der Waals surface area contributed by atoms with Gasteiger partial charge in [0.25, 0.3) is 5.91 Å². The number of phenolic OH excluding ortho intramolecular Hbond substituents is 1. The smallest absolute Gasteiger partial charge is 0.291 e. The fourth-order valence-electron chi connectivity index (χ4n) is 3.44. The monoisotopic (exact) mass is 359 g/mol. The number of hydrogen-bond donors (Lipinski definition) is 3. The van der Waals surface area contributed by atoms with E-state index in [0.717, 1.165) is 0 Å². The van der Waals surface area contributed by atoms with Gasteiger partial charge in [0.2, 0.25) is 5.78 Å². The van der Waals surface area contributed by atoms with Crippen molar-refractivity contribution in [2.75, 3.05) is 13.2 Å². The van der Waals surface area contributed by atoms with Crippen molar-refractivity contribution >= 4 is 11.7 Å². The van der Waals surface area contributed by atoms with Crippen LogP contribution in [0.15, 0.2) is 43.0 Å². The fraction of sp³-hybridized carbons (Fsp3) is 0.389. The summed E-state index contributed by atoms with van der Waals surface area (Å²) in [4.78, 5) is 30.3. The molecular formula is C18H21N3O5. The van der Waals surface area contributed by atoms with Crippen LogP contribution in [0.2, 0.25) is 0 Å². The zero-order valence-corrected chi connectivity index (χ0v) is 14.1. The molecule has 0 saturated carbocycles. The maximum absolute atomic E-state index is 12.6. The molecule has 0 radical (unpaired) electrons. The number of rotatable bonds is 7. The molecule has 1 aromatic carbocycles. The van der Waals surface area contributed by atoms with Gasteiger partial charge in [-0.1, -0.05) is 12.1 Å². The Kier molecular flexibility index (Phi) is 5.34. The van der Waals surface area contributed by atoms with E-state index in [0.29, 0.717) is 18.5 Å². The van der Waals surface area contributed by atoms with E-state index in [4.69, 9.17) is 0 Å². The van der Waals surface area contributed by atoms with Crippen molar-refractivity contribution in [2.24, 2.45) is 0 Å². The van der Waals surface area contributed by atoms with E-state index in [1.165, 1.54) is 17.0 Å². The lowest BCUT2D eigenvalue weighted by molar-refractivity contribution is -0.141. The van der Waals surface area contributed by atoms with Gasteiger partial charge in [-0.05, 0) is 24.1 Å². The first-order valence-electron chi connectivity index (χ1n) is 8.41. The molecule has 1 aromatic heterocycles. The minimum Gasteiger partial charge on any atom is -0.508 e. The van der Waals surface area contributed by atoms with Gasteiger partial charge in [-0.15, -0.1) is 0 Å². The van der Waals surface area contributed by atoms with Gasteiger partial charge >= 0.3 is 0 Å². The topological polar surface area (TPSA) is 116 Å². The van der Waals surface area contributed by atoms with Crippen molar-refractivity contribution in [3.8, 4) is 5.75 Å². The number of Topliss-reactive ketones (excluding diaryl/α,β-unsaturated/α-hetero) is 1. The Bertz CT molecular complexity index is 777. The number of aliphatic hydroxyl groups is 2. The van der Waals surface area contributed by atoms with Crippen LogP contribution in [-0.4, -0.2) is 66.8 Å². The van der Waals surface area contributed by atoms with Gasteiger partial charge in [-0.2, -0.15) is 0 Å². The predicted molar refractivity (Wildman–Crippen MR) is 91.3 cm³/mol. The van der Waals surface area contributed by atoms with Gasteiger partial charge in [0.1, 0.15) is 5.75 Å². The van der Waals surface area contributed by atoms with Crippen LogP contribution in [0.3, 0.4) is 0 Å². The number of benzene rings is 1. The summed E-state index contributed by atoms with van der Waals surface area (Å²) in [5.74, 6) is -2.28. The molecule has 3 unspecified atom stereocenters. The molecular weight excluding hydrogens is 338 g/mol. The minimum absolute atomic E-state index is 0.0291. The number of hydrogen-bond acceptors (Lipinski definition) is 6. The second-order valence-electron chi connectivity index (χ2n) is 6.33. The van der Waals surface area contributed by atoms with Gasteiger partial charge in [0.05, 0.1) is 31.0 Å². The van der Waals surface area contributed by atoms with Crippen LogP contribution in [0.25, 0.3) is 0 Å². The van der Waals surface area contributed by atoms with Crippen LogP contribution in [0.1, 0.15) is 17.9 Å². The third-order valence-corrected chi connectivity index (χ3v) is 4.64. The number of aromatic hydroxyl groups is 1. The van der Waals surface area contributed by atoms with Crippen LogP contribution in [-0.2, 0) is 16.1 Å². The van der Waals surface area contributed by atoms with Crippen LogP contribution >= 0.6 is 0 Å². The molecule has 8 nitrogen and oxygen atoms in total. The Morgan fingerprint density at radius 1 is 1.23 bits per heavy atom. The number of aryl methyl sites for hydroxylation is 1. The number of carbonyl (C=O) groups is 2. The fourth-order valence-corrected chi connectivity index (χ4v) is 3.44. The summed E-state index contributed by atoms with van der Waals surface area (Å²) < 4.78 is 1.85. The van der Waals surface area contributed by atoms with Crippen molar-refractivity contribution in [3.63, 3.8) is 0 Å². The molecule has 0 spiro atoms. The minimum atomic E-state index is -1.26. The van der Waals surface area contributed by atoms with Gasteiger partial charge < -0.3 is 24.8 Å². The highest BCUT2D eigenvalue weighted by atomic mass is 16.3. The third-order valence-electron chi connectivity index (χ3n) is 4.64. The molecule has 3 N–H and O–H groups in total. The Labute approximate surface area is 150 Å². The highest BCUT2D eigenvalue weighted by Gasteiger charge is 2.50. The number of amides is 1. The van der Waals surface area contributed by atoms with E-state index in [-0.39, 0.29) is 12.3 Å². The molecule has 2 aromatic rings. The number of likely N-dealkylation sites (tertiary alicyclic amines) is 1. The Morgan fingerprint density at radius 3 is 2.69 bits per heavy atom. The molecule has 1 aliphatic rings. The van der Waals surface area contributed by atoms with Gasteiger partial charge in [0.15, 0.2) is 0 Å². The summed E-state index contributed by atoms with van der Waals surface area (Å²) in [6.07, 6.45) is 4.42. The first kappa shape index (κ1) is 18.1. The lowest BCUT2D eigenvalue weighted by Crippen LogP contribution is -2.45. The Balaban J connectivity index is 1.83. The number of phenols is 1. The summed E-state index contributed by atoms with van der Waals surface area (Å²) in [5.41, 5.74) is 0.443. The Hall–Kier alpha value is -2.71. The standard InChI is InChI=1S/C18H21N3O5/c22-10-14(24)16-15(12-3-1-4-13(23)9-12)17(25)18(26)21(16)7-2-6-20-8-5-19-11-20/h1,3-5,8-9,11,14-16,22-24H,2,6-7,10H2. The molecule has 0 bridgehead atoms. The SMILES string of the molecule is O=C1C(=O)N(CCCn2ccnc2)C(C(O)CO)C1c1cccc(O)c1. The number of carbonyl (C=O) groups excluding carboxylic acids is 2. The van der Waals surface area contributed by atoms with Crippen molar-refractivity contribution in [1.82, 2.24) is 14.5 Å². The molecule has 26 heavy (non-hydrogen) atoms. The summed E-state index contributed by atoms with van der Waals surface area (Å²) in [5, 5.41) is 29.4. The summed E-state index contributed by atoms with van der Waals surface area (Å²) in [6.45, 7) is 0.301. The van der Waals surface area contributed by atoms with E-state index in [2.05, 4.69) is 4.98 Å². The number of aliphatic hydroxyl groups excluding tert-OH is 2. The molecule has 1 amide bonds. The van der Waals surface area contributed by atoms with Crippen LogP contribution < -0.4 is 0 Å². The number of ketones is 1. The summed E-state index contributed by atoms with van der Waals surface area (Å²) in [7, 11) is 0. The molecule has 0 aliphatic carbocycles. The quantitative estimate of drug-likeness (QED) is 0.595. The Morgan fingerprint density at radius 2 is 2.04 bits per heavy atom. The van der Waals surface area contributed by atoms with Crippen molar-refractivity contribution in [1.29, 1.82) is 0 Å². The van der Waals surface area contributed by atoms with Gasteiger partial charge in [0, 0.05) is 25.5 Å². The normalized spacial score (nSPS) is 21.4. The molecule has 1 saturated heterocycles. The average molecular weight is 359 g/mol. The van der Waals surface area contributed by atoms with E-state index in [1.54, 1.807) is 30.9 Å². The van der Waals surface area contributed by atoms with Crippen LogP contribution in [0.4, 0.5) is 0 Å². The van der Waals surface area contributed by atoms with E-state index >= 15 is 0 Å². The summed E-state index contributed by atoms with van der Waals surface area (Å²) >= 11 is 0. The number of nitrogens with zero attached hydrogens (tertiary/aromatic N) is 3. The van der Waals surface area contributed by atoms with E-state index < -0.39 is 36.4 Å².